The molecule has 0 atom stereocenters. The number of anilines is 2. The van der Waals surface area contributed by atoms with Crippen LogP contribution in [0.2, 0.25) is 0 Å². The van der Waals surface area contributed by atoms with Crippen LogP contribution in [0, 0.1) is 17.0 Å². The molecule has 0 bridgehead atoms. The van der Waals surface area contributed by atoms with E-state index in [0.29, 0.717) is 23.9 Å². The zero-order chi connectivity index (χ0) is 19.1. The number of benzene rings is 2. The third-order valence-corrected chi connectivity index (χ3v) is 3.66. The van der Waals surface area contributed by atoms with E-state index in [1.807, 2.05) is 37.3 Å². The first kappa shape index (κ1) is 18.0. The molecule has 3 aromatic rings. The Morgan fingerprint density at radius 1 is 1.11 bits per heavy atom. The van der Waals surface area contributed by atoms with Gasteiger partial charge in [0.15, 0.2) is 5.82 Å². The largest absolute Gasteiger partial charge is 0.350 e. The number of aromatic nitrogens is 2. The summed E-state index contributed by atoms with van der Waals surface area (Å²) in [6.45, 7) is 2.45. The molecule has 0 spiro atoms. The lowest BCUT2D eigenvalue weighted by molar-refractivity contribution is -0.385. The topological polar surface area (TPSA) is 105 Å². The maximum absolute atomic E-state index is 11.0. The van der Waals surface area contributed by atoms with E-state index in [4.69, 9.17) is 0 Å². The summed E-state index contributed by atoms with van der Waals surface area (Å²) in [6.07, 6.45) is 1.40. The van der Waals surface area contributed by atoms with E-state index in [-0.39, 0.29) is 5.69 Å². The lowest BCUT2D eigenvalue weighted by Gasteiger charge is -2.08. The Kier molecular flexibility index (Phi) is 5.68. The van der Waals surface area contributed by atoms with Gasteiger partial charge in [-0.1, -0.05) is 42.5 Å². The number of hydrogen-bond acceptors (Lipinski definition) is 7. The monoisotopic (exact) mass is 362 g/mol. The molecule has 27 heavy (non-hydrogen) atoms. The summed E-state index contributed by atoms with van der Waals surface area (Å²) in [7, 11) is 0. The Balaban J connectivity index is 1.69. The summed E-state index contributed by atoms with van der Waals surface area (Å²) in [6, 6.07) is 18.1. The summed E-state index contributed by atoms with van der Waals surface area (Å²) in [4.78, 5) is 19.3. The maximum Gasteiger partial charge on any atom is 0.278 e. The average molecular weight is 362 g/mol. The molecule has 1 heterocycles. The van der Waals surface area contributed by atoms with Crippen LogP contribution >= 0.6 is 0 Å². The number of nitro benzene ring substituents is 1. The molecule has 0 aliphatic rings. The molecule has 0 aliphatic carbocycles. The highest BCUT2D eigenvalue weighted by atomic mass is 16.6. The first-order valence-corrected chi connectivity index (χ1v) is 8.28. The standard InChI is InChI=1S/C19H18N6O2/c1-14-11-18(23-19(22-14)20-12-15-7-3-2-4-8-15)24-21-13-16-9-5-6-10-17(16)25(26)27/h2-11,13H,12H2,1H3,(H2,20,22,23,24)/b21-13-. The van der Waals surface area contributed by atoms with Crippen LogP contribution in [-0.4, -0.2) is 21.1 Å². The van der Waals surface area contributed by atoms with Crippen molar-refractivity contribution in [1.82, 2.24) is 9.97 Å². The van der Waals surface area contributed by atoms with Gasteiger partial charge in [-0.25, -0.2) is 4.98 Å². The Hall–Kier alpha value is -3.81. The molecule has 2 aromatic carbocycles. The van der Waals surface area contributed by atoms with Crippen molar-refractivity contribution in [1.29, 1.82) is 0 Å². The first-order chi connectivity index (χ1) is 13.1. The van der Waals surface area contributed by atoms with Crippen molar-refractivity contribution in [2.24, 2.45) is 5.10 Å². The molecular formula is C19H18N6O2. The number of nitrogens with one attached hydrogen (secondary N) is 2. The average Bonchev–Trinajstić information content (AvgIpc) is 2.67. The summed E-state index contributed by atoms with van der Waals surface area (Å²) < 4.78 is 0. The molecule has 136 valence electrons. The molecule has 3 rings (SSSR count). The number of para-hydroxylation sites is 1. The van der Waals surface area contributed by atoms with Crippen LogP contribution in [0.25, 0.3) is 0 Å². The molecule has 0 fully saturated rings. The van der Waals surface area contributed by atoms with Gasteiger partial charge in [-0.2, -0.15) is 10.1 Å². The highest BCUT2D eigenvalue weighted by molar-refractivity contribution is 5.85. The van der Waals surface area contributed by atoms with E-state index in [1.165, 1.54) is 12.3 Å². The minimum atomic E-state index is -0.443. The normalized spacial score (nSPS) is 10.7. The summed E-state index contributed by atoms with van der Waals surface area (Å²) in [5, 5.41) is 18.3. The Bertz CT molecular complexity index is 959. The van der Waals surface area contributed by atoms with Crippen LogP contribution in [0.15, 0.2) is 65.8 Å². The van der Waals surface area contributed by atoms with Gasteiger partial charge >= 0.3 is 0 Å². The Morgan fingerprint density at radius 2 is 1.85 bits per heavy atom. The van der Waals surface area contributed by atoms with E-state index in [1.54, 1.807) is 24.3 Å². The predicted molar refractivity (Wildman–Crippen MR) is 105 cm³/mol. The van der Waals surface area contributed by atoms with Crippen LogP contribution in [0.3, 0.4) is 0 Å². The predicted octanol–water partition coefficient (Wildman–Crippen LogP) is 3.75. The van der Waals surface area contributed by atoms with Gasteiger partial charge < -0.3 is 5.32 Å². The van der Waals surface area contributed by atoms with Crippen LogP contribution in [0.5, 0.6) is 0 Å². The number of nitrogens with zero attached hydrogens (tertiary/aromatic N) is 4. The highest BCUT2D eigenvalue weighted by Crippen LogP contribution is 2.16. The molecular weight excluding hydrogens is 344 g/mol. The van der Waals surface area contributed by atoms with Crippen molar-refractivity contribution >= 4 is 23.7 Å². The second-order valence-electron chi connectivity index (χ2n) is 5.74. The lowest BCUT2D eigenvalue weighted by Crippen LogP contribution is -2.06. The van der Waals surface area contributed by atoms with Gasteiger partial charge in [-0.05, 0) is 18.6 Å². The smallest absolute Gasteiger partial charge is 0.278 e. The van der Waals surface area contributed by atoms with Crippen LogP contribution in [-0.2, 0) is 6.54 Å². The van der Waals surface area contributed by atoms with E-state index in [2.05, 4.69) is 25.8 Å². The van der Waals surface area contributed by atoms with E-state index < -0.39 is 4.92 Å². The highest BCUT2D eigenvalue weighted by Gasteiger charge is 2.10. The van der Waals surface area contributed by atoms with Crippen molar-refractivity contribution in [2.45, 2.75) is 13.5 Å². The molecule has 2 N–H and O–H groups in total. The van der Waals surface area contributed by atoms with Gasteiger partial charge in [0.25, 0.3) is 5.69 Å². The van der Waals surface area contributed by atoms with Gasteiger partial charge in [0.05, 0.1) is 16.7 Å². The second-order valence-corrected chi connectivity index (χ2v) is 5.74. The first-order valence-electron chi connectivity index (χ1n) is 8.28. The lowest BCUT2D eigenvalue weighted by atomic mass is 10.2. The van der Waals surface area contributed by atoms with Crippen molar-refractivity contribution in [2.75, 3.05) is 10.7 Å². The van der Waals surface area contributed by atoms with Gasteiger partial charge in [0.1, 0.15) is 0 Å². The SMILES string of the molecule is Cc1cc(N/N=C\c2ccccc2[N+](=O)[O-])nc(NCc2ccccc2)n1. The van der Waals surface area contributed by atoms with Gasteiger partial charge in [0, 0.05) is 24.4 Å². The fourth-order valence-electron chi connectivity index (χ4n) is 2.41. The van der Waals surface area contributed by atoms with Crippen molar-refractivity contribution in [3.8, 4) is 0 Å². The zero-order valence-corrected chi connectivity index (χ0v) is 14.7. The number of aryl methyl sites for hydroxylation is 1. The second kappa shape index (κ2) is 8.52. The zero-order valence-electron chi connectivity index (χ0n) is 14.7. The van der Waals surface area contributed by atoms with Gasteiger partial charge in [-0.3, -0.25) is 15.5 Å². The maximum atomic E-state index is 11.0. The number of rotatable bonds is 7. The quantitative estimate of drug-likeness (QED) is 0.377. The fraction of sp³-hybridized carbons (Fsp3) is 0.105. The van der Waals surface area contributed by atoms with Crippen molar-refractivity contribution in [3.05, 3.63) is 87.6 Å². The molecule has 0 amide bonds. The molecule has 0 saturated heterocycles. The molecule has 0 radical (unpaired) electrons. The minimum absolute atomic E-state index is 0.00728. The van der Waals surface area contributed by atoms with Crippen LogP contribution in [0.1, 0.15) is 16.8 Å². The third-order valence-electron chi connectivity index (χ3n) is 3.66. The van der Waals surface area contributed by atoms with Crippen molar-refractivity contribution in [3.63, 3.8) is 0 Å². The molecule has 0 saturated carbocycles. The van der Waals surface area contributed by atoms with E-state index in [0.717, 1.165) is 11.3 Å². The number of nitro groups is 1. The third kappa shape index (κ3) is 5.08. The Morgan fingerprint density at radius 3 is 2.63 bits per heavy atom. The minimum Gasteiger partial charge on any atom is -0.350 e. The molecule has 8 heteroatoms. The Labute approximate surface area is 156 Å². The molecule has 1 aromatic heterocycles. The summed E-state index contributed by atoms with van der Waals surface area (Å²) >= 11 is 0. The van der Waals surface area contributed by atoms with Crippen molar-refractivity contribution < 1.29 is 4.92 Å². The van der Waals surface area contributed by atoms with Gasteiger partial charge in [0.2, 0.25) is 5.95 Å². The summed E-state index contributed by atoms with van der Waals surface area (Å²) in [5.41, 5.74) is 5.08. The number of hydrazone groups is 1. The van der Waals surface area contributed by atoms with E-state index in [9.17, 15) is 10.1 Å². The van der Waals surface area contributed by atoms with Gasteiger partial charge in [-0.15, -0.1) is 0 Å². The van der Waals surface area contributed by atoms with Crippen LogP contribution in [0.4, 0.5) is 17.5 Å². The molecule has 0 unspecified atom stereocenters. The van der Waals surface area contributed by atoms with Crippen LogP contribution < -0.4 is 10.7 Å². The fourth-order valence-corrected chi connectivity index (χ4v) is 2.41. The number of hydrogen-bond donors (Lipinski definition) is 2. The summed E-state index contributed by atoms with van der Waals surface area (Å²) in [5.74, 6) is 0.968. The molecule has 0 aliphatic heterocycles. The molecule has 8 nitrogen and oxygen atoms in total. The van der Waals surface area contributed by atoms with E-state index >= 15 is 0 Å².